The monoisotopic (exact) mass is 453 g/mol. The van der Waals surface area contributed by atoms with Crippen molar-refractivity contribution >= 4 is 33.8 Å². The molecule has 1 saturated carbocycles. The Hall–Kier alpha value is -2.45. The molecule has 2 aromatic carbocycles. The molecule has 1 amide bonds. The summed E-state index contributed by atoms with van der Waals surface area (Å²) in [6.07, 6.45) is -0.515. The number of hydrogen-bond donors (Lipinski definition) is 1. The first-order chi connectivity index (χ1) is 13.9. The van der Waals surface area contributed by atoms with E-state index in [0.717, 1.165) is 0 Å². The molecule has 0 bridgehead atoms. The summed E-state index contributed by atoms with van der Waals surface area (Å²) in [5.74, 6) is -1.42. The lowest BCUT2D eigenvalue weighted by molar-refractivity contribution is -0.110. The van der Waals surface area contributed by atoms with Gasteiger partial charge in [-0.05, 0) is 62.7 Å². The molecule has 1 aliphatic carbocycles. The van der Waals surface area contributed by atoms with Gasteiger partial charge in [0, 0.05) is 10.9 Å². The van der Waals surface area contributed by atoms with E-state index in [2.05, 4.69) is 5.32 Å². The minimum atomic E-state index is -4.05. The van der Waals surface area contributed by atoms with Gasteiger partial charge in [0.15, 0.2) is 9.84 Å². The van der Waals surface area contributed by atoms with E-state index >= 15 is 0 Å². The molecule has 6 nitrogen and oxygen atoms in total. The second-order valence-corrected chi connectivity index (χ2v) is 10.6. The third kappa shape index (κ3) is 4.20. The number of carbonyl (C=O) groups is 2. The second-order valence-electron chi connectivity index (χ2n) is 8.13. The van der Waals surface area contributed by atoms with Crippen molar-refractivity contribution in [2.75, 3.05) is 0 Å². The zero-order valence-electron chi connectivity index (χ0n) is 16.6. The van der Waals surface area contributed by atoms with Gasteiger partial charge in [0.05, 0.1) is 4.90 Å². The predicted octanol–water partition coefficient (Wildman–Crippen LogP) is 3.88. The lowest BCUT2D eigenvalue weighted by Crippen LogP contribution is -2.45. The first-order valence-electron chi connectivity index (χ1n) is 9.13. The first-order valence-corrected chi connectivity index (χ1v) is 11.1. The van der Waals surface area contributed by atoms with Crippen molar-refractivity contribution in [3.05, 3.63) is 64.9 Å². The van der Waals surface area contributed by atoms with Gasteiger partial charge in [0.1, 0.15) is 28.5 Å². The normalized spacial score (nSPS) is 23.5. The number of hydrogen-bond acceptors (Lipinski definition) is 5. The third-order valence-electron chi connectivity index (χ3n) is 4.80. The van der Waals surface area contributed by atoms with E-state index in [-0.39, 0.29) is 4.90 Å². The molecule has 1 N–H and O–H groups in total. The Morgan fingerprint density at radius 3 is 2.20 bits per heavy atom. The van der Waals surface area contributed by atoms with E-state index < -0.39 is 44.1 Å². The number of ether oxygens (including phenoxy) is 1. The van der Waals surface area contributed by atoms with Crippen LogP contribution in [0.2, 0.25) is 5.02 Å². The van der Waals surface area contributed by atoms with Gasteiger partial charge in [0.2, 0.25) is 0 Å². The molecule has 3 rings (SSSR count). The second kappa shape index (κ2) is 7.67. The fourth-order valence-corrected chi connectivity index (χ4v) is 5.87. The standard InChI is InChI=1S/C21H21ClFNO5S/c1-20(2,3)29-19(26)24-21(12-25)17(13-4-8-15(23)9-5-13)18(21)30(27,28)16-10-6-14(22)7-11-16/h4-12,17-18H,1-3H3,(H,24,26). The van der Waals surface area contributed by atoms with Gasteiger partial charge in [-0.1, -0.05) is 23.7 Å². The highest BCUT2D eigenvalue weighted by atomic mass is 35.5. The quantitative estimate of drug-likeness (QED) is 0.694. The molecular formula is C21H21ClFNO5S. The van der Waals surface area contributed by atoms with Crippen molar-refractivity contribution in [2.45, 2.75) is 48.0 Å². The smallest absolute Gasteiger partial charge is 0.408 e. The van der Waals surface area contributed by atoms with Crippen LogP contribution in [0.1, 0.15) is 32.3 Å². The number of benzene rings is 2. The van der Waals surface area contributed by atoms with Crippen LogP contribution in [0.3, 0.4) is 0 Å². The number of carbonyl (C=O) groups excluding carboxylic acids is 2. The van der Waals surface area contributed by atoms with E-state index in [1.165, 1.54) is 48.5 Å². The molecule has 9 heteroatoms. The highest BCUT2D eigenvalue weighted by Crippen LogP contribution is 2.56. The minimum Gasteiger partial charge on any atom is -0.444 e. The molecule has 3 atom stereocenters. The summed E-state index contributed by atoms with van der Waals surface area (Å²) in [7, 11) is -4.05. The van der Waals surface area contributed by atoms with Crippen molar-refractivity contribution in [2.24, 2.45) is 0 Å². The van der Waals surface area contributed by atoms with Gasteiger partial charge in [-0.3, -0.25) is 0 Å². The maximum atomic E-state index is 13.4. The van der Waals surface area contributed by atoms with Crippen molar-refractivity contribution in [1.29, 1.82) is 0 Å². The summed E-state index contributed by atoms with van der Waals surface area (Å²) >= 11 is 5.85. The van der Waals surface area contributed by atoms with Gasteiger partial charge in [-0.2, -0.15) is 0 Å². The Morgan fingerprint density at radius 2 is 1.70 bits per heavy atom. The van der Waals surface area contributed by atoms with Gasteiger partial charge < -0.3 is 14.8 Å². The number of alkyl carbamates (subject to hydrolysis) is 1. The van der Waals surface area contributed by atoms with E-state index in [1.54, 1.807) is 20.8 Å². The molecule has 1 aliphatic rings. The number of halogens is 2. The van der Waals surface area contributed by atoms with Crippen LogP contribution in [0.5, 0.6) is 0 Å². The van der Waals surface area contributed by atoms with E-state index in [0.29, 0.717) is 16.9 Å². The number of rotatable bonds is 5. The Labute approximate surface area is 179 Å². The predicted molar refractivity (Wildman–Crippen MR) is 110 cm³/mol. The van der Waals surface area contributed by atoms with Crippen LogP contribution < -0.4 is 5.32 Å². The Bertz CT molecular complexity index is 1060. The third-order valence-corrected chi connectivity index (χ3v) is 7.31. The Kier molecular flexibility index (Phi) is 5.68. The van der Waals surface area contributed by atoms with Crippen LogP contribution in [0, 0.1) is 5.82 Å². The van der Waals surface area contributed by atoms with Gasteiger partial charge >= 0.3 is 6.09 Å². The first kappa shape index (κ1) is 22.2. The van der Waals surface area contributed by atoms with Crippen molar-refractivity contribution < 1.29 is 27.1 Å². The van der Waals surface area contributed by atoms with E-state index in [1.807, 2.05) is 0 Å². The van der Waals surface area contributed by atoms with Gasteiger partial charge in [0.25, 0.3) is 0 Å². The fraction of sp³-hybridized carbons (Fsp3) is 0.333. The minimum absolute atomic E-state index is 0.0428. The summed E-state index contributed by atoms with van der Waals surface area (Å²) in [6.45, 7) is 4.94. The molecule has 3 unspecified atom stereocenters. The summed E-state index contributed by atoms with van der Waals surface area (Å²) in [4.78, 5) is 24.5. The molecule has 30 heavy (non-hydrogen) atoms. The van der Waals surface area contributed by atoms with E-state index in [4.69, 9.17) is 16.3 Å². The molecular weight excluding hydrogens is 433 g/mol. The highest BCUT2D eigenvalue weighted by molar-refractivity contribution is 7.92. The molecule has 160 valence electrons. The molecule has 0 aliphatic heterocycles. The lowest BCUT2D eigenvalue weighted by Gasteiger charge is -2.22. The Balaban J connectivity index is 2.04. The van der Waals surface area contributed by atoms with Crippen LogP contribution in [-0.4, -0.2) is 37.2 Å². The van der Waals surface area contributed by atoms with Gasteiger partial charge in [-0.25, -0.2) is 17.6 Å². The SMILES string of the molecule is CC(C)(C)OC(=O)NC1(C=O)C(c2ccc(F)cc2)C1S(=O)(=O)c1ccc(Cl)cc1. The van der Waals surface area contributed by atoms with Crippen LogP contribution in [0.25, 0.3) is 0 Å². The van der Waals surface area contributed by atoms with E-state index in [9.17, 15) is 22.4 Å². The average molecular weight is 454 g/mol. The average Bonchev–Trinajstić information content (AvgIpc) is 3.30. The molecule has 2 aromatic rings. The molecule has 0 aromatic heterocycles. The number of sulfone groups is 1. The maximum absolute atomic E-state index is 13.4. The van der Waals surface area contributed by atoms with Crippen LogP contribution >= 0.6 is 11.6 Å². The number of amides is 1. The summed E-state index contributed by atoms with van der Waals surface area (Å²) in [6, 6.07) is 10.6. The molecule has 0 radical (unpaired) electrons. The Morgan fingerprint density at radius 1 is 1.13 bits per heavy atom. The van der Waals surface area contributed by atoms with Crippen LogP contribution in [-0.2, 0) is 19.4 Å². The van der Waals surface area contributed by atoms with Gasteiger partial charge in [-0.15, -0.1) is 0 Å². The van der Waals surface area contributed by atoms with Crippen molar-refractivity contribution in [3.63, 3.8) is 0 Å². The van der Waals surface area contributed by atoms with Crippen LogP contribution in [0.4, 0.5) is 9.18 Å². The zero-order valence-corrected chi connectivity index (χ0v) is 18.1. The molecule has 0 heterocycles. The largest absolute Gasteiger partial charge is 0.444 e. The molecule has 1 fully saturated rings. The summed E-state index contributed by atoms with van der Waals surface area (Å²) in [5, 5.41) is 1.51. The van der Waals surface area contributed by atoms with Crippen molar-refractivity contribution in [3.8, 4) is 0 Å². The number of aldehydes is 1. The fourth-order valence-electron chi connectivity index (χ4n) is 3.50. The lowest BCUT2D eigenvalue weighted by atomic mass is 10.1. The summed E-state index contributed by atoms with van der Waals surface area (Å²) in [5.41, 5.74) is -2.19. The number of nitrogens with one attached hydrogen (secondary N) is 1. The molecule has 0 spiro atoms. The topological polar surface area (TPSA) is 89.5 Å². The van der Waals surface area contributed by atoms with Crippen LogP contribution in [0.15, 0.2) is 53.4 Å². The van der Waals surface area contributed by atoms with Crippen molar-refractivity contribution in [1.82, 2.24) is 5.32 Å². The maximum Gasteiger partial charge on any atom is 0.408 e. The zero-order chi connectivity index (χ0) is 22.3. The summed E-state index contributed by atoms with van der Waals surface area (Å²) < 4.78 is 45.3. The molecule has 0 saturated heterocycles. The highest BCUT2D eigenvalue weighted by Gasteiger charge is 2.73.